The van der Waals surface area contributed by atoms with E-state index in [-0.39, 0.29) is 28.7 Å². The predicted molar refractivity (Wildman–Crippen MR) is 130 cm³/mol. The fourth-order valence-corrected chi connectivity index (χ4v) is 7.44. The molecule has 0 aliphatic carbocycles. The minimum Gasteiger partial charge on any atom is -0.494 e. The SMILES string of the molecule is CCOc1ccc(CCNC(=O)c2ccc(C)c(NC3=N[C@H]4CS(=O)(=O)C[C@H]4S3)c2)cc1. The first-order valence-corrected chi connectivity index (χ1v) is 13.4. The van der Waals surface area contributed by atoms with Crippen LogP contribution in [0.1, 0.15) is 28.4 Å². The van der Waals surface area contributed by atoms with Crippen molar-refractivity contribution in [1.82, 2.24) is 5.32 Å². The Bertz CT molecular complexity index is 1130. The van der Waals surface area contributed by atoms with Gasteiger partial charge in [0.1, 0.15) is 5.75 Å². The summed E-state index contributed by atoms with van der Waals surface area (Å²) in [7, 11) is -2.98. The van der Waals surface area contributed by atoms with Crippen molar-refractivity contribution in [1.29, 1.82) is 0 Å². The average Bonchev–Trinajstić information content (AvgIpc) is 3.23. The van der Waals surface area contributed by atoms with Gasteiger partial charge in [-0.3, -0.25) is 9.79 Å². The molecule has 2 aliphatic heterocycles. The maximum absolute atomic E-state index is 12.6. The Balaban J connectivity index is 1.33. The first kappa shape index (κ1) is 22.7. The van der Waals surface area contributed by atoms with E-state index in [1.54, 1.807) is 6.07 Å². The normalized spacial score (nSPS) is 21.0. The molecule has 2 aliphatic rings. The van der Waals surface area contributed by atoms with E-state index >= 15 is 0 Å². The third kappa shape index (κ3) is 5.45. The van der Waals surface area contributed by atoms with Gasteiger partial charge in [0.2, 0.25) is 0 Å². The number of aryl methyl sites for hydroxylation is 1. The Morgan fingerprint density at radius 3 is 2.69 bits per heavy atom. The molecule has 0 bridgehead atoms. The van der Waals surface area contributed by atoms with Gasteiger partial charge in [-0.15, -0.1) is 0 Å². The minimum atomic E-state index is -2.98. The molecular formula is C23H27N3O4S2. The molecule has 0 aromatic heterocycles. The fraction of sp³-hybridized carbons (Fsp3) is 0.391. The maximum atomic E-state index is 12.6. The summed E-state index contributed by atoms with van der Waals surface area (Å²) in [6, 6.07) is 13.2. The van der Waals surface area contributed by atoms with Crippen molar-refractivity contribution in [3.63, 3.8) is 0 Å². The Labute approximate surface area is 193 Å². The van der Waals surface area contributed by atoms with Crippen molar-refractivity contribution >= 4 is 38.4 Å². The lowest BCUT2D eigenvalue weighted by atomic mass is 10.1. The third-order valence-corrected chi connectivity index (χ3v) is 8.63. The third-order valence-electron chi connectivity index (χ3n) is 5.49. The summed E-state index contributed by atoms with van der Waals surface area (Å²) in [4.78, 5) is 17.2. The van der Waals surface area contributed by atoms with E-state index in [1.165, 1.54) is 11.8 Å². The lowest BCUT2D eigenvalue weighted by Crippen LogP contribution is -2.25. The van der Waals surface area contributed by atoms with Gasteiger partial charge in [-0.25, -0.2) is 8.42 Å². The second-order valence-electron chi connectivity index (χ2n) is 7.97. The van der Waals surface area contributed by atoms with Crippen LogP contribution in [0.3, 0.4) is 0 Å². The second-order valence-corrected chi connectivity index (χ2v) is 11.4. The molecule has 7 nitrogen and oxygen atoms in total. The van der Waals surface area contributed by atoms with Crippen LogP contribution in [0.25, 0.3) is 0 Å². The number of fused-ring (bicyclic) bond motifs is 1. The number of sulfone groups is 1. The molecule has 0 radical (unpaired) electrons. The molecule has 0 spiro atoms. The predicted octanol–water partition coefficient (Wildman–Crippen LogP) is 3.05. The summed E-state index contributed by atoms with van der Waals surface area (Å²) in [6.45, 7) is 5.08. The lowest BCUT2D eigenvalue weighted by molar-refractivity contribution is 0.0954. The number of thioether (sulfide) groups is 1. The van der Waals surface area contributed by atoms with Gasteiger partial charge in [-0.1, -0.05) is 30.0 Å². The first-order valence-electron chi connectivity index (χ1n) is 10.7. The van der Waals surface area contributed by atoms with Crippen molar-refractivity contribution in [2.24, 2.45) is 4.99 Å². The van der Waals surface area contributed by atoms with Crippen LogP contribution in [-0.2, 0) is 16.3 Å². The van der Waals surface area contributed by atoms with E-state index in [0.717, 1.165) is 29.0 Å². The molecule has 1 fully saturated rings. The van der Waals surface area contributed by atoms with Gasteiger partial charge in [0.25, 0.3) is 5.91 Å². The van der Waals surface area contributed by atoms with E-state index in [1.807, 2.05) is 50.2 Å². The number of hydrogen-bond donors (Lipinski definition) is 2. The zero-order chi connectivity index (χ0) is 22.7. The number of nitrogens with one attached hydrogen (secondary N) is 2. The molecule has 1 amide bonds. The average molecular weight is 474 g/mol. The second kappa shape index (κ2) is 9.54. The van der Waals surface area contributed by atoms with Crippen LogP contribution in [0.2, 0.25) is 0 Å². The van der Waals surface area contributed by atoms with Gasteiger partial charge in [0.15, 0.2) is 15.0 Å². The van der Waals surface area contributed by atoms with Gasteiger partial charge >= 0.3 is 0 Å². The Kier molecular flexibility index (Phi) is 6.76. The van der Waals surface area contributed by atoms with Crippen LogP contribution >= 0.6 is 11.8 Å². The van der Waals surface area contributed by atoms with E-state index in [4.69, 9.17) is 4.74 Å². The summed E-state index contributed by atoms with van der Waals surface area (Å²) in [6.07, 6.45) is 0.730. The molecular weight excluding hydrogens is 446 g/mol. The summed E-state index contributed by atoms with van der Waals surface area (Å²) in [5.74, 6) is 0.997. The molecule has 170 valence electrons. The van der Waals surface area contributed by atoms with Crippen LogP contribution in [0.4, 0.5) is 5.69 Å². The van der Waals surface area contributed by atoms with Gasteiger partial charge in [0.05, 0.1) is 24.2 Å². The molecule has 4 rings (SSSR count). The first-order chi connectivity index (χ1) is 15.3. The van der Waals surface area contributed by atoms with Crippen molar-refractivity contribution in [2.75, 3.05) is 30.0 Å². The number of nitrogens with zero attached hydrogens (tertiary/aromatic N) is 1. The minimum absolute atomic E-state index is 0.0168. The Morgan fingerprint density at radius 2 is 1.97 bits per heavy atom. The number of aliphatic imine (C=N–C) groups is 1. The number of amides is 1. The molecule has 32 heavy (non-hydrogen) atoms. The molecule has 2 N–H and O–H groups in total. The monoisotopic (exact) mass is 473 g/mol. The molecule has 2 aromatic rings. The molecule has 2 heterocycles. The summed E-state index contributed by atoms with van der Waals surface area (Å²) >= 11 is 1.47. The van der Waals surface area contributed by atoms with E-state index in [9.17, 15) is 13.2 Å². The molecule has 2 aromatic carbocycles. The van der Waals surface area contributed by atoms with Crippen molar-refractivity contribution in [3.8, 4) is 5.75 Å². The number of rotatable bonds is 7. The zero-order valence-corrected chi connectivity index (χ0v) is 19.8. The highest BCUT2D eigenvalue weighted by Crippen LogP contribution is 2.35. The van der Waals surface area contributed by atoms with Gasteiger partial charge in [-0.05, 0) is 55.7 Å². The highest BCUT2D eigenvalue weighted by Gasteiger charge is 2.42. The molecule has 0 saturated carbocycles. The Hall–Kier alpha value is -2.52. The molecule has 9 heteroatoms. The highest BCUT2D eigenvalue weighted by molar-refractivity contribution is 8.15. The van der Waals surface area contributed by atoms with Crippen LogP contribution < -0.4 is 15.4 Å². The molecule has 0 unspecified atom stereocenters. The van der Waals surface area contributed by atoms with Crippen molar-refractivity contribution in [3.05, 3.63) is 59.2 Å². The standard InChI is InChI=1S/C23H27N3O4S2/c1-3-30-18-8-5-16(6-9-18)10-11-24-22(27)17-7-4-15(2)19(12-17)25-23-26-20-13-32(28,29)14-21(20)31-23/h4-9,12,20-21H,3,10-11,13-14H2,1-2H3,(H,24,27)(H,25,26)/t20-,21+/m0/s1. The largest absolute Gasteiger partial charge is 0.494 e. The van der Waals surface area contributed by atoms with E-state index < -0.39 is 9.84 Å². The van der Waals surface area contributed by atoms with E-state index in [0.29, 0.717) is 23.9 Å². The number of benzene rings is 2. The number of carbonyl (C=O) groups excluding carboxylic acids is 1. The van der Waals surface area contributed by atoms with Gasteiger partial charge in [0, 0.05) is 23.0 Å². The number of amidine groups is 1. The summed E-state index contributed by atoms with van der Waals surface area (Å²) < 4.78 is 28.9. The Morgan fingerprint density at radius 1 is 1.19 bits per heavy atom. The number of anilines is 1. The smallest absolute Gasteiger partial charge is 0.251 e. The number of ether oxygens (including phenoxy) is 1. The van der Waals surface area contributed by atoms with Crippen molar-refractivity contribution in [2.45, 2.75) is 31.6 Å². The quantitative estimate of drug-likeness (QED) is 0.642. The van der Waals surface area contributed by atoms with Crippen LogP contribution in [0.15, 0.2) is 47.5 Å². The van der Waals surface area contributed by atoms with Gasteiger partial charge in [-0.2, -0.15) is 0 Å². The molecule has 2 atom stereocenters. The molecule has 1 saturated heterocycles. The maximum Gasteiger partial charge on any atom is 0.251 e. The van der Waals surface area contributed by atoms with E-state index in [2.05, 4.69) is 15.6 Å². The van der Waals surface area contributed by atoms with Crippen LogP contribution in [-0.4, -0.2) is 55.4 Å². The number of carbonyl (C=O) groups is 1. The zero-order valence-electron chi connectivity index (χ0n) is 18.1. The summed E-state index contributed by atoms with van der Waals surface area (Å²) in [5.41, 5.74) is 3.49. The number of hydrogen-bond acceptors (Lipinski definition) is 7. The van der Waals surface area contributed by atoms with Crippen LogP contribution in [0.5, 0.6) is 5.75 Å². The highest BCUT2D eigenvalue weighted by atomic mass is 32.2. The summed E-state index contributed by atoms with van der Waals surface area (Å²) in [5, 5.41) is 6.95. The van der Waals surface area contributed by atoms with Crippen molar-refractivity contribution < 1.29 is 17.9 Å². The van der Waals surface area contributed by atoms with Gasteiger partial charge < -0.3 is 15.4 Å². The fourth-order valence-electron chi connectivity index (χ4n) is 3.77. The topological polar surface area (TPSA) is 96.9 Å². The van der Waals surface area contributed by atoms with Crippen LogP contribution in [0, 0.1) is 6.92 Å². The lowest BCUT2D eigenvalue weighted by Gasteiger charge is -2.12.